The van der Waals surface area contributed by atoms with Crippen molar-refractivity contribution in [1.29, 1.82) is 0 Å². The molecule has 0 spiro atoms. The van der Waals surface area contributed by atoms with E-state index in [-0.39, 0.29) is 0 Å². The van der Waals surface area contributed by atoms with Crippen LogP contribution < -0.4 is 0 Å². The Kier molecular flexibility index (Phi) is 3.33. The average Bonchev–Trinajstić information content (AvgIpc) is 2.16. The maximum Gasteiger partial charge on any atom is -0.0168 e. The molecule has 0 bridgehead atoms. The second-order valence-corrected chi connectivity index (χ2v) is 3.61. The molecule has 0 aromatic carbocycles. The lowest BCUT2D eigenvalue weighted by Gasteiger charge is -2.31. The Morgan fingerprint density at radius 3 is 2.00 bits per heavy atom. The Balaban J connectivity index is 2.58. The fourth-order valence-corrected chi connectivity index (χ4v) is 2.04. The SMILES string of the molecule is C=CC1CC[C@@H](C=C)[C@@H](C=C)C1. The van der Waals surface area contributed by atoms with Crippen molar-refractivity contribution < 1.29 is 0 Å². The van der Waals surface area contributed by atoms with Crippen LogP contribution in [-0.4, -0.2) is 0 Å². The molecule has 1 aliphatic rings. The number of hydrogen-bond donors (Lipinski definition) is 0. The van der Waals surface area contributed by atoms with Gasteiger partial charge < -0.3 is 0 Å². The van der Waals surface area contributed by atoms with Crippen molar-refractivity contribution >= 4 is 0 Å². The highest BCUT2D eigenvalue weighted by molar-refractivity contribution is 4.99. The molecule has 66 valence electrons. The molecule has 0 aromatic heterocycles. The van der Waals surface area contributed by atoms with Crippen molar-refractivity contribution in [2.75, 3.05) is 0 Å². The third-order valence-electron chi connectivity index (χ3n) is 2.93. The molecule has 0 saturated heterocycles. The lowest BCUT2D eigenvalue weighted by molar-refractivity contribution is 0.288. The molecule has 1 unspecified atom stereocenters. The Morgan fingerprint density at radius 1 is 0.833 bits per heavy atom. The summed E-state index contributed by atoms with van der Waals surface area (Å²) in [4.78, 5) is 0. The predicted molar refractivity (Wildman–Crippen MR) is 54.9 cm³/mol. The minimum absolute atomic E-state index is 0.624. The summed E-state index contributed by atoms with van der Waals surface area (Å²) in [5.41, 5.74) is 0. The zero-order valence-corrected chi connectivity index (χ0v) is 7.71. The molecule has 1 aliphatic carbocycles. The molecule has 1 saturated carbocycles. The van der Waals surface area contributed by atoms with E-state index in [2.05, 4.69) is 38.0 Å². The van der Waals surface area contributed by atoms with Crippen LogP contribution in [0.2, 0.25) is 0 Å². The van der Waals surface area contributed by atoms with Crippen LogP contribution >= 0.6 is 0 Å². The molecule has 0 aromatic rings. The molecule has 0 nitrogen and oxygen atoms in total. The molecule has 1 fully saturated rings. The second kappa shape index (κ2) is 4.30. The third kappa shape index (κ3) is 1.88. The van der Waals surface area contributed by atoms with Gasteiger partial charge in [0.15, 0.2) is 0 Å². The van der Waals surface area contributed by atoms with E-state index in [4.69, 9.17) is 0 Å². The topological polar surface area (TPSA) is 0 Å². The molecule has 0 heterocycles. The minimum Gasteiger partial charge on any atom is -0.103 e. The standard InChI is InChI=1S/C12H18/c1-4-10-7-8-11(5-2)12(6-3)9-10/h4-6,10-12H,1-3,7-9H2/t10?,11-,12+/m1/s1. The van der Waals surface area contributed by atoms with Crippen molar-refractivity contribution in [1.82, 2.24) is 0 Å². The monoisotopic (exact) mass is 162 g/mol. The molecule has 0 N–H and O–H groups in total. The van der Waals surface area contributed by atoms with E-state index in [9.17, 15) is 0 Å². The lowest BCUT2D eigenvalue weighted by Crippen LogP contribution is -2.20. The maximum absolute atomic E-state index is 3.87. The fraction of sp³-hybridized carbons (Fsp3) is 0.500. The van der Waals surface area contributed by atoms with Crippen LogP contribution in [0.15, 0.2) is 38.0 Å². The smallest absolute Gasteiger partial charge is 0.0168 e. The van der Waals surface area contributed by atoms with Crippen LogP contribution in [0.1, 0.15) is 19.3 Å². The summed E-state index contributed by atoms with van der Waals surface area (Å²) in [7, 11) is 0. The van der Waals surface area contributed by atoms with Gasteiger partial charge in [0.25, 0.3) is 0 Å². The van der Waals surface area contributed by atoms with Gasteiger partial charge in [0.2, 0.25) is 0 Å². The molecule has 0 aliphatic heterocycles. The van der Waals surface area contributed by atoms with Crippen LogP contribution in [0, 0.1) is 17.8 Å². The summed E-state index contributed by atoms with van der Waals surface area (Å²) in [6.07, 6.45) is 9.95. The van der Waals surface area contributed by atoms with Gasteiger partial charge in [-0.2, -0.15) is 0 Å². The Hall–Kier alpha value is -0.780. The first-order chi connectivity index (χ1) is 5.81. The Bertz CT molecular complexity index is 178. The number of allylic oxidation sites excluding steroid dienone is 3. The van der Waals surface area contributed by atoms with E-state index in [0.29, 0.717) is 17.8 Å². The van der Waals surface area contributed by atoms with Crippen molar-refractivity contribution in [3.8, 4) is 0 Å². The predicted octanol–water partition coefficient (Wildman–Crippen LogP) is 3.58. The van der Waals surface area contributed by atoms with E-state index in [1.54, 1.807) is 0 Å². The molecule has 3 atom stereocenters. The first-order valence-corrected chi connectivity index (χ1v) is 4.69. The zero-order chi connectivity index (χ0) is 8.97. The van der Waals surface area contributed by atoms with E-state index >= 15 is 0 Å². The van der Waals surface area contributed by atoms with Crippen molar-refractivity contribution in [3.05, 3.63) is 38.0 Å². The van der Waals surface area contributed by atoms with Crippen LogP contribution in [0.4, 0.5) is 0 Å². The van der Waals surface area contributed by atoms with Gasteiger partial charge in [-0.25, -0.2) is 0 Å². The normalized spacial score (nSPS) is 35.5. The molecule has 12 heavy (non-hydrogen) atoms. The highest BCUT2D eigenvalue weighted by atomic mass is 14.3. The lowest BCUT2D eigenvalue weighted by atomic mass is 9.74. The summed E-state index contributed by atoms with van der Waals surface area (Å²) in [5, 5.41) is 0. The van der Waals surface area contributed by atoms with Gasteiger partial charge in [-0.05, 0) is 37.0 Å². The number of rotatable bonds is 3. The van der Waals surface area contributed by atoms with Crippen molar-refractivity contribution in [3.63, 3.8) is 0 Å². The molecule has 0 radical (unpaired) electrons. The quantitative estimate of drug-likeness (QED) is 0.556. The van der Waals surface area contributed by atoms with E-state index in [1.807, 2.05) is 0 Å². The van der Waals surface area contributed by atoms with Gasteiger partial charge >= 0.3 is 0 Å². The van der Waals surface area contributed by atoms with Gasteiger partial charge in [-0.3, -0.25) is 0 Å². The second-order valence-electron chi connectivity index (χ2n) is 3.61. The van der Waals surface area contributed by atoms with Crippen LogP contribution in [0.3, 0.4) is 0 Å². The molecule has 0 heteroatoms. The first-order valence-electron chi connectivity index (χ1n) is 4.69. The van der Waals surface area contributed by atoms with Gasteiger partial charge in [-0.15, -0.1) is 19.7 Å². The summed E-state index contributed by atoms with van der Waals surface area (Å²) < 4.78 is 0. The van der Waals surface area contributed by atoms with E-state index in [0.717, 1.165) is 0 Å². The van der Waals surface area contributed by atoms with Crippen LogP contribution in [-0.2, 0) is 0 Å². The number of hydrogen-bond acceptors (Lipinski definition) is 0. The van der Waals surface area contributed by atoms with Crippen LogP contribution in [0.25, 0.3) is 0 Å². The maximum atomic E-state index is 3.87. The van der Waals surface area contributed by atoms with Crippen molar-refractivity contribution in [2.24, 2.45) is 17.8 Å². The summed E-state index contributed by atoms with van der Waals surface area (Å²) in [5.74, 6) is 1.97. The highest BCUT2D eigenvalue weighted by Crippen LogP contribution is 2.35. The Labute approximate surface area is 75.7 Å². The average molecular weight is 162 g/mol. The fourth-order valence-electron chi connectivity index (χ4n) is 2.04. The van der Waals surface area contributed by atoms with Crippen LogP contribution in [0.5, 0.6) is 0 Å². The molecular weight excluding hydrogens is 144 g/mol. The molecule has 1 rings (SSSR count). The van der Waals surface area contributed by atoms with Crippen molar-refractivity contribution in [2.45, 2.75) is 19.3 Å². The minimum atomic E-state index is 0.624. The zero-order valence-electron chi connectivity index (χ0n) is 7.71. The van der Waals surface area contributed by atoms with Gasteiger partial charge in [-0.1, -0.05) is 18.2 Å². The summed E-state index contributed by atoms with van der Waals surface area (Å²) in [6.45, 7) is 11.6. The van der Waals surface area contributed by atoms with Gasteiger partial charge in [0.05, 0.1) is 0 Å². The van der Waals surface area contributed by atoms with Gasteiger partial charge in [0, 0.05) is 0 Å². The largest absolute Gasteiger partial charge is 0.103 e. The summed E-state index contributed by atoms with van der Waals surface area (Å²) in [6, 6.07) is 0. The summed E-state index contributed by atoms with van der Waals surface area (Å²) >= 11 is 0. The van der Waals surface area contributed by atoms with E-state index in [1.165, 1.54) is 19.3 Å². The Morgan fingerprint density at radius 2 is 1.50 bits per heavy atom. The highest BCUT2D eigenvalue weighted by Gasteiger charge is 2.24. The first kappa shape index (κ1) is 9.31. The third-order valence-corrected chi connectivity index (χ3v) is 2.93. The molecule has 0 amide bonds. The molecular formula is C12H18. The van der Waals surface area contributed by atoms with E-state index < -0.39 is 0 Å². The van der Waals surface area contributed by atoms with Gasteiger partial charge in [0.1, 0.15) is 0 Å².